The lowest BCUT2D eigenvalue weighted by Gasteiger charge is -2.23. The fraction of sp³-hybridized carbons (Fsp3) is 0.100. The summed E-state index contributed by atoms with van der Waals surface area (Å²) in [6.45, 7) is 2.96. The van der Waals surface area contributed by atoms with Crippen molar-refractivity contribution in [1.82, 2.24) is 14.3 Å². The predicted octanol–water partition coefficient (Wildman–Crippen LogP) is 5.70. The molecule has 0 N–H and O–H groups in total. The molecule has 37 heavy (non-hydrogen) atoms. The highest BCUT2D eigenvalue weighted by Gasteiger charge is 2.25. The molecular weight excluding hydrogens is 467 g/mol. The van der Waals surface area contributed by atoms with Crippen molar-refractivity contribution in [3.8, 4) is 11.3 Å². The van der Waals surface area contributed by atoms with Gasteiger partial charge in [-0.1, -0.05) is 36.4 Å². The fourth-order valence-corrected chi connectivity index (χ4v) is 4.75. The van der Waals surface area contributed by atoms with E-state index >= 15 is 0 Å². The molecule has 0 saturated carbocycles. The molecule has 3 aromatic carbocycles. The van der Waals surface area contributed by atoms with Gasteiger partial charge < -0.3 is 9.47 Å². The van der Waals surface area contributed by atoms with Crippen LogP contribution >= 0.6 is 0 Å². The molecule has 5 aromatic rings. The van der Waals surface area contributed by atoms with E-state index in [1.165, 1.54) is 16.8 Å². The number of aryl methyl sites for hydroxylation is 1. The van der Waals surface area contributed by atoms with Crippen LogP contribution in [0.4, 0.5) is 10.1 Å². The second kappa shape index (κ2) is 9.02. The lowest BCUT2D eigenvalue weighted by Crippen LogP contribution is -2.30. The molecular formula is C30H23FN4O2. The SMILES string of the molecule is Cc1ccc(F)cc1C(=O)n1ccc(-c2ccc(C(=O)N3Cc4cccn4Cc4ccccc43)cc2)n1. The predicted molar refractivity (Wildman–Crippen MR) is 139 cm³/mol. The van der Waals surface area contributed by atoms with Crippen molar-refractivity contribution in [3.05, 3.63) is 131 Å². The van der Waals surface area contributed by atoms with Gasteiger partial charge in [0.25, 0.3) is 11.8 Å². The van der Waals surface area contributed by atoms with Crippen LogP contribution in [0, 0.1) is 12.7 Å². The zero-order valence-corrected chi connectivity index (χ0v) is 20.1. The first kappa shape index (κ1) is 22.7. The number of nitrogens with zero attached hydrogens (tertiary/aromatic N) is 4. The summed E-state index contributed by atoms with van der Waals surface area (Å²) in [6, 6.07) is 25.1. The summed E-state index contributed by atoms with van der Waals surface area (Å²) >= 11 is 0. The molecule has 6 rings (SSSR count). The van der Waals surface area contributed by atoms with Crippen molar-refractivity contribution in [2.45, 2.75) is 20.0 Å². The van der Waals surface area contributed by atoms with Gasteiger partial charge in [-0.2, -0.15) is 5.10 Å². The van der Waals surface area contributed by atoms with Crippen molar-refractivity contribution >= 4 is 17.5 Å². The molecule has 0 aliphatic carbocycles. The van der Waals surface area contributed by atoms with Crippen molar-refractivity contribution in [1.29, 1.82) is 0 Å². The topological polar surface area (TPSA) is 60.1 Å². The van der Waals surface area contributed by atoms with Gasteiger partial charge in [0.2, 0.25) is 0 Å². The monoisotopic (exact) mass is 490 g/mol. The number of benzene rings is 3. The normalized spacial score (nSPS) is 12.5. The first-order valence-corrected chi connectivity index (χ1v) is 12.0. The van der Waals surface area contributed by atoms with E-state index in [-0.39, 0.29) is 11.5 Å². The maximum Gasteiger partial charge on any atom is 0.278 e. The van der Waals surface area contributed by atoms with E-state index in [1.54, 1.807) is 37.4 Å². The third-order valence-electron chi connectivity index (χ3n) is 6.77. The van der Waals surface area contributed by atoms with Gasteiger partial charge in [0.15, 0.2) is 0 Å². The van der Waals surface area contributed by atoms with Crippen LogP contribution < -0.4 is 4.90 Å². The van der Waals surface area contributed by atoms with Crippen molar-refractivity contribution in [2.75, 3.05) is 4.90 Å². The van der Waals surface area contributed by atoms with E-state index in [2.05, 4.69) is 15.7 Å². The van der Waals surface area contributed by atoms with Gasteiger partial charge >= 0.3 is 0 Å². The molecule has 0 unspecified atom stereocenters. The van der Waals surface area contributed by atoms with Gasteiger partial charge in [-0.05, 0) is 66.6 Å². The standard InChI is InChI=1S/C30H23FN4O2/c1-20-8-13-24(31)17-26(20)30(37)35-16-14-27(32-35)21-9-11-22(12-10-21)29(36)34-19-25-6-4-15-33(25)18-23-5-2-3-7-28(23)34/h2-17H,18-19H2,1H3. The number of fused-ring (bicyclic) bond motifs is 2. The van der Waals surface area contributed by atoms with Gasteiger partial charge in [0.05, 0.1) is 12.2 Å². The minimum atomic E-state index is -0.471. The average molecular weight is 491 g/mol. The molecule has 6 nitrogen and oxygen atoms in total. The van der Waals surface area contributed by atoms with Gasteiger partial charge in [-0.3, -0.25) is 9.59 Å². The molecule has 1 amide bonds. The molecule has 3 heterocycles. The van der Waals surface area contributed by atoms with Crippen LogP contribution in [0.25, 0.3) is 11.3 Å². The number of para-hydroxylation sites is 1. The molecule has 2 aromatic heterocycles. The molecule has 0 fully saturated rings. The summed E-state index contributed by atoms with van der Waals surface area (Å²) in [5.41, 5.74) is 5.92. The van der Waals surface area contributed by atoms with E-state index in [4.69, 9.17) is 0 Å². The van der Waals surface area contributed by atoms with Crippen LogP contribution in [0.15, 0.2) is 97.3 Å². The highest BCUT2D eigenvalue weighted by molar-refractivity contribution is 6.06. The lowest BCUT2D eigenvalue weighted by atomic mass is 10.1. The van der Waals surface area contributed by atoms with Crippen molar-refractivity contribution in [3.63, 3.8) is 0 Å². The minimum Gasteiger partial charge on any atom is -0.345 e. The van der Waals surface area contributed by atoms with Gasteiger partial charge in [-0.15, -0.1) is 0 Å². The maximum atomic E-state index is 13.7. The van der Waals surface area contributed by atoms with Crippen LogP contribution in [0.5, 0.6) is 0 Å². The maximum absolute atomic E-state index is 13.7. The molecule has 1 aliphatic heterocycles. The number of carbonyl (C=O) groups is 2. The van der Waals surface area contributed by atoms with E-state index in [0.717, 1.165) is 29.1 Å². The number of anilines is 1. The van der Waals surface area contributed by atoms with Crippen LogP contribution in [0.2, 0.25) is 0 Å². The average Bonchev–Trinajstić information content (AvgIpc) is 3.56. The Balaban J connectivity index is 1.26. The third-order valence-corrected chi connectivity index (χ3v) is 6.77. The Morgan fingerprint density at radius 1 is 0.838 bits per heavy atom. The number of rotatable bonds is 3. The Hall–Kier alpha value is -4.78. The summed E-state index contributed by atoms with van der Waals surface area (Å²) in [7, 11) is 0. The summed E-state index contributed by atoms with van der Waals surface area (Å²) < 4.78 is 17.1. The molecule has 0 radical (unpaired) electrons. The van der Waals surface area contributed by atoms with Crippen LogP contribution in [-0.4, -0.2) is 26.2 Å². The Morgan fingerprint density at radius 2 is 1.65 bits per heavy atom. The molecule has 0 bridgehead atoms. The van der Waals surface area contributed by atoms with Crippen LogP contribution in [0.1, 0.15) is 37.5 Å². The number of hydrogen-bond acceptors (Lipinski definition) is 3. The summed E-state index contributed by atoms with van der Waals surface area (Å²) in [6.07, 6.45) is 3.60. The summed E-state index contributed by atoms with van der Waals surface area (Å²) in [5.74, 6) is -0.961. The Kier molecular flexibility index (Phi) is 5.53. The van der Waals surface area contributed by atoms with Crippen LogP contribution in [-0.2, 0) is 13.1 Å². The molecule has 0 atom stereocenters. The highest BCUT2D eigenvalue weighted by Crippen LogP contribution is 2.29. The zero-order chi connectivity index (χ0) is 25.5. The van der Waals surface area contributed by atoms with Gasteiger partial charge in [-0.25, -0.2) is 9.07 Å². The van der Waals surface area contributed by atoms with Crippen molar-refractivity contribution < 1.29 is 14.0 Å². The van der Waals surface area contributed by atoms with E-state index in [1.807, 2.05) is 53.6 Å². The molecule has 7 heteroatoms. The summed E-state index contributed by atoms with van der Waals surface area (Å²) in [5, 5.41) is 4.40. The number of hydrogen-bond donors (Lipinski definition) is 0. The molecule has 0 saturated heterocycles. The van der Waals surface area contributed by atoms with E-state index in [0.29, 0.717) is 23.4 Å². The molecule has 1 aliphatic rings. The van der Waals surface area contributed by atoms with Gasteiger partial charge in [0, 0.05) is 47.0 Å². The second-order valence-corrected chi connectivity index (χ2v) is 9.13. The summed E-state index contributed by atoms with van der Waals surface area (Å²) in [4.78, 5) is 28.3. The largest absolute Gasteiger partial charge is 0.345 e. The number of aromatic nitrogens is 3. The quantitative estimate of drug-likeness (QED) is 0.326. The second-order valence-electron chi connectivity index (χ2n) is 9.13. The van der Waals surface area contributed by atoms with E-state index < -0.39 is 11.7 Å². The number of halogens is 1. The molecule has 182 valence electrons. The van der Waals surface area contributed by atoms with E-state index in [9.17, 15) is 14.0 Å². The minimum absolute atomic E-state index is 0.0871. The third kappa shape index (κ3) is 4.14. The smallest absolute Gasteiger partial charge is 0.278 e. The van der Waals surface area contributed by atoms with Gasteiger partial charge in [0.1, 0.15) is 5.82 Å². The number of carbonyl (C=O) groups excluding carboxylic acids is 2. The highest BCUT2D eigenvalue weighted by atomic mass is 19.1. The van der Waals surface area contributed by atoms with Crippen LogP contribution in [0.3, 0.4) is 0 Å². The lowest BCUT2D eigenvalue weighted by molar-refractivity contribution is 0.0943. The Morgan fingerprint density at radius 3 is 2.49 bits per heavy atom. The first-order chi connectivity index (χ1) is 18.0. The fourth-order valence-electron chi connectivity index (χ4n) is 4.75. The number of amides is 1. The zero-order valence-electron chi connectivity index (χ0n) is 20.1. The van der Waals surface area contributed by atoms with Crippen molar-refractivity contribution in [2.24, 2.45) is 0 Å². The first-order valence-electron chi connectivity index (χ1n) is 12.0. The Bertz CT molecular complexity index is 1650. The molecule has 0 spiro atoms. The Labute approximate surface area is 213 Å².